The number of nitrogens with one attached hydrogen (secondary N) is 2. The van der Waals surface area contributed by atoms with E-state index >= 15 is 0 Å². The number of hydrogen-bond acceptors (Lipinski definition) is 3. The van der Waals surface area contributed by atoms with E-state index in [4.69, 9.17) is 5.11 Å². The molecule has 1 amide bonds. The number of amides is 1. The van der Waals surface area contributed by atoms with E-state index in [1.807, 2.05) is 39.1 Å². The molecule has 3 rings (SSSR count). The number of aromatic nitrogens is 2. The van der Waals surface area contributed by atoms with Crippen LogP contribution in [0, 0.1) is 13.8 Å². The van der Waals surface area contributed by atoms with Gasteiger partial charge in [-0.1, -0.05) is 13.3 Å². The van der Waals surface area contributed by atoms with E-state index in [1.54, 1.807) is 6.07 Å². The van der Waals surface area contributed by atoms with Crippen molar-refractivity contribution < 1.29 is 14.7 Å². The quantitative estimate of drug-likeness (QED) is 0.440. The SMILES string of the molecule is CCCc1cc(C)[nH]c(=O)c1CNC(=O)c1cc(/C=C/C(=O)O)cc2c1c(C)cn2C(C)C. The number of carbonyl (C=O) groups is 2. The number of pyridine rings is 1. The molecule has 1 aromatic carbocycles. The molecule has 0 saturated heterocycles. The molecule has 3 N–H and O–H groups in total. The molecule has 0 aliphatic rings. The Morgan fingerprint density at radius 2 is 1.94 bits per heavy atom. The lowest BCUT2D eigenvalue weighted by Crippen LogP contribution is -2.28. The normalized spacial score (nSPS) is 11.6. The molecule has 0 radical (unpaired) electrons. The van der Waals surface area contributed by atoms with Crippen molar-refractivity contribution in [3.8, 4) is 0 Å². The molecule has 0 aliphatic carbocycles. The van der Waals surface area contributed by atoms with Gasteiger partial charge in [-0.3, -0.25) is 9.59 Å². The Labute approximate surface area is 193 Å². The summed E-state index contributed by atoms with van der Waals surface area (Å²) in [6.07, 6.45) is 6.19. The fourth-order valence-corrected chi connectivity index (χ4v) is 4.21. The fraction of sp³-hybridized carbons (Fsp3) is 0.346. The van der Waals surface area contributed by atoms with Crippen LogP contribution >= 0.6 is 0 Å². The lowest BCUT2D eigenvalue weighted by Gasteiger charge is -2.13. The van der Waals surface area contributed by atoms with Crippen molar-refractivity contribution in [3.63, 3.8) is 0 Å². The number of nitrogens with zero attached hydrogens (tertiary/aromatic N) is 1. The van der Waals surface area contributed by atoms with Crippen molar-refractivity contribution in [2.45, 2.75) is 60.0 Å². The first-order chi connectivity index (χ1) is 15.6. The number of aromatic amines is 1. The van der Waals surface area contributed by atoms with Crippen molar-refractivity contribution in [2.75, 3.05) is 0 Å². The smallest absolute Gasteiger partial charge is 0.328 e. The summed E-state index contributed by atoms with van der Waals surface area (Å²) in [6.45, 7) is 10.1. The van der Waals surface area contributed by atoms with E-state index in [-0.39, 0.29) is 24.1 Å². The van der Waals surface area contributed by atoms with E-state index in [0.717, 1.165) is 46.6 Å². The topological polar surface area (TPSA) is 104 Å². The van der Waals surface area contributed by atoms with Crippen molar-refractivity contribution in [1.82, 2.24) is 14.9 Å². The molecular formula is C26H31N3O4. The molecule has 0 spiro atoms. The molecule has 174 valence electrons. The van der Waals surface area contributed by atoms with Crippen LogP contribution in [0.3, 0.4) is 0 Å². The average molecular weight is 450 g/mol. The number of H-pyrrole nitrogens is 1. The molecular weight excluding hydrogens is 418 g/mol. The Hall–Kier alpha value is -3.61. The highest BCUT2D eigenvalue weighted by molar-refractivity contribution is 6.09. The molecule has 2 heterocycles. The van der Waals surface area contributed by atoms with Gasteiger partial charge in [-0.25, -0.2) is 4.79 Å². The maximum atomic E-state index is 13.3. The zero-order chi connectivity index (χ0) is 24.3. The van der Waals surface area contributed by atoms with E-state index < -0.39 is 5.97 Å². The number of fused-ring (bicyclic) bond motifs is 1. The average Bonchev–Trinajstić information content (AvgIpc) is 3.08. The van der Waals surface area contributed by atoms with Crippen LogP contribution in [0.25, 0.3) is 17.0 Å². The Bertz CT molecular complexity index is 1300. The third kappa shape index (κ3) is 5.25. The molecule has 0 atom stereocenters. The van der Waals surface area contributed by atoms with Crippen molar-refractivity contribution in [2.24, 2.45) is 0 Å². The Kier molecular flexibility index (Phi) is 7.21. The summed E-state index contributed by atoms with van der Waals surface area (Å²) in [5.74, 6) is -1.36. The van der Waals surface area contributed by atoms with Gasteiger partial charge in [-0.2, -0.15) is 0 Å². The van der Waals surface area contributed by atoms with Crippen LogP contribution in [0.2, 0.25) is 0 Å². The predicted octanol–water partition coefficient (Wildman–Crippen LogP) is 4.51. The predicted molar refractivity (Wildman–Crippen MR) is 131 cm³/mol. The second kappa shape index (κ2) is 9.90. The Morgan fingerprint density at radius 3 is 2.58 bits per heavy atom. The van der Waals surface area contributed by atoms with Gasteiger partial charge in [-0.15, -0.1) is 0 Å². The molecule has 2 aromatic heterocycles. The maximum absolute atomic E-state index is 13.3. The Morgan fingerprint density at radius 1 is 1.21 bits per heavy atom. The first-order valence-electron chi connectivity index (χ1n) is 11.2. The zero-order valence-corrected chi connectivity index (χ0v) is 19.8. The molecule has 0 fully saturated rings. The van der Waals surface area contributed by atoms with Crippen LogP contribution in [0.15, 0.2) is 35.3 Å². The second-order valence-electron chi connectivity index (χ2n) is 8.67. The van der Waals surface area contributed by atoms with Gasteiger partial charge >= 0.3 is 5.97 Å². The van der Waals surface area contributed by atoms with Crippen molar-refractivity contribution >= 4 is 28.9 Å². The number of carboxylic acid groups (broad SMARTS) is 1. The molecule has 0 saturated carbocycles. The van der Waals surface area contributed by atoms with Crippen LogP contribution < -0.4 is 10.9 Å². The van der Waals surface area contributed by atoms with Gasteiger partial charge in [0.1, 0.15) is 0 Å². The summed E-state index contributed by atoms with van der Waals surface area (Å²) in [4.78, 5) is 39.7. The van der Waals surface area contributed by atoms with Gasteiger partial charge in [0, 0.05) is 52.6 Å². The standard InChI is InChI=1S/C26H31N3O4/c1-6-7-19-10-17(5)28-26(33)21(19)13-27-25(32)20-11-18(8-9-23(30)31)12-22-24(20)16(4)14-29(22)15(2)3/h8-12,14-15H,6-7,13H2,1-5H3,(H,27,32)(H,28,33)(H,30,31)/b9-8+. The van der Waals surface area contributed by atoms with Crippen LogP contribution in [0.4, 0.5) is 0 Å². The van der Waals surface area contributed by atoms with Gasteiger partial charge in [0.15, 0.2) is 0 Å². The second-order valence-corrected chi connectivity index (χ2v) is 8.67. The van der Waals surface area contributed by atoms with E-state index in [0.29, 0.717) is 16.7 Å². The largest absolute Gasteiger partial charge is 0.478 e. The van der Waals surface area contributed by atoms with E-state index in [2.05, 4.69) is 28.7 Å². The summed E-state index contributed by atoms with van der Waals surface area (Å²) in [5.41, 5.74) is 4.99. The first kappa shape index (κ1) is 24.0. The number of hydrogen-bond donors (Lipinski definition) is 3. The highest BCUT2D eigenvalue weighted by Gasteiger charge is 2.19. The first-order valence-corrected chi connectivity index (χ1v) is 11.2. The fourth-order valence-electron chi connectivity index (χ4n) is 4.21. The minimum absolute atomic E-state index is 0.115. The molecule has 0 aliphatic heterocycles. The lowest BCUT2D eigenvalue weighted by molar-refractivity contribution is -0.131. The molecule has 3 aromatic rings. The number of rotatable bonds is 8. The van der Waals surface area contributed by atoms with Gasteiger partial charge in [0.05, 0.1) is 0 Å². The van der Waals surface area contributed by atoms with Crippen molar-refractivity contribution in [1.29, 1.82) is 0 Å². The summed E-state index contributed by atoms with van der Waals surface area (Å²) in [5, 5.41) is 12.8. The minimum Gasteiger partial charge on any atom is -0.478 e. The third-order valence-corrected chi connectivity index (χ3v) is 5.67. The molecule has 0 bridgehead atoms. The zero-order valence-electron chi connectivity index (χ0n) is 19.8. The van der Waals surface area contributed by atoms with Crippen LogP contribution in [-0.4, -0.2) is 26.5 Å². The van der Waals surface area contributed by atoms with Gasteiger partial charge in [0.2, 0.25) is 0 Å². The molecule has 7 nitrogen and oxygen atoms in total. The number of carbonyl (C=O) groups excluding carboxylic acids is 1. The number of aliphatic carboxylic acids is 1. The van der Waals surface area contributed by atoms with Gasteiger partial charge in [0.25, 0.3) is 11.5 Å². The molecule has 0 unspecified atom stereocenters. The highest BCUT2D eigenvalue weighted by Crippen LogP contribution is 2.29. The van der Waals surface area contributed by atoms with Crippen molar-refractivity contribution in [3.05, 3.63) is 74.3 Å². The van der Waals surface area contributed by atoms with Crippen LogP contribution in [-0.2, 0) is 17.8 Å². The lowest BCUT2D eigenvalue weighted by atomic mass is 10.0. The maximum Gasteiger partial charge on any atom is 0.328 e. The van der Waals surface area contributed by atoms with Gasteiger partial charge in [-0.05, 0) is 75.1 Å². The van der Waals surface area contributed by atoms with E-state index in [1.165, 1.54) is 6.08 Å². The highest BCUT2D eigenvalue weighted by atomic mass is 16.4. The molecule has 7 heteroatoms. The molecule has 33 heavy (non-hydrogen) atoms. The van der Waals surface area contributed by atoms with Crippen LogP contribution in [0.5, 0.6) is 0 Å². The monoisotopic (exact) mass is 449 g/mol. The number of carboxylic acids is 1. The number of aryl methyl sites for hydroxylation is 3. The van der Waals surface area contributed by atoms with Gasteiger partial charge < -0.3 is 20.0 Å². The Balaban J connectivity index is 2.05. The summed E-state index contributed by atoms with van der Waals surface area (Å²) in [6, 6.07) is 5.71. The van der Waals surface area contributed by atoms with Crippen LogP contribution in [0.1, 0.15) is 71.5 Å². The summed E-state index contributed by atoms with van der Waals surface area (Å²) in [7, 11) is 0. The summed E-state index contributed by atoms with van der Waals surface area (Å²) < 4.78 is 2.07. The third-order valence-electron chi connectivity index (χ3n) is 5.67. The van der Waals surface area contributed by atoms with E-state index in [9.17, 15) is 14.4 Å². The minimum atomic E-state index is -1.06. The number of benzene rings is 1. The summed E-state index contributed by atoms with van der Waals surface area (Å²) >= 11 is 0.